The second-order valence-corrected chi connectivity index (χ2v) is 2.13. The number of hydrogen-bond acceptors (Lipinski definition) is 1. The van der Waals surface area contributed by atoms with Crippen molar-refractivity contribution in [1.82, 2.24) is 0 Å². The molecule has 0 aromatic rings. The van der Waals surface area contributed by atoms with E-state index in [2.05, 4.69) is 5.92 Å². The average molecular weight is 109 g/mol. The zero-order valence-corrected chi connectivity index (χ0v) is 4.98. The quantitative estimate of drug-likeness (QED) is 0.456. The van der Waals surface area contributed by atoms with Gasteiger partial charge in [-0.1, -0.05) is 5.92 Å². The van der Waals surface area contributed by atoms with Gasteiger partial charge in [-0.2, -0.15) is 0 Å². The highest BCUT2D eigenvalue weighted by Crippen LogP contribution is 2.18. The van der Waals surface area contributed by atoms with Crippen LogP contribution in [-0.4, -0.2) is 12.7 Å². The molecule has 1 nitrogen and oxygen atoms in total. The zero-order valence-electron chi connectivity index (χ0n) is 4.98. The molecule has 1 fully saturated rings. The summed E-state index contributed by atoms with van der Waals surface area (Å²) in [5.74, 6) is 2.59. The van der Waals surface area contributed by atoms with Crippen LogP contribution in [0, 0.1) is 18.3 Å². The highest BCUT2D eigenvalue weighted by Gasteiger charge is 2.22. The molecule has 8 heavy (non-hydrogen) atoms. The SMILES string of the molecule is [C]#CC(C)C1CCO1. The summed E-state index contributed by atoms with van der Waals surface area (Å²) in [6, 6.07) is 0. The number of rotatable bonds is 1. The molecule has 43 valence electrons. The third kappa shape index (κ3) is 0.850. The first-order valence-electron chi connectivity index (χ1n) is 2.88. The number of ether oxygens (including phenoxy) is 1. The van der Waals surface area contributed by atoms with Crippen molar-refractivity contribution in [1.29, 1.82) is 0 Å². The van der Waals surface area contributed by atoms with E-state index in [0.29, 0.717) is 6.10 Å². The molecule has 0 saturated carbocycles. The summed E-state index contributed by atoms with van der Waals surface area (Å²) >= 11 is 0. The van der Waals surface area contributed by atoms with Crippen LogP contribution >= 0.6 is 0 Å². The van der Waals surface area contributed by atoms with Gasteiger partial charge in [-0.25, -0.2) is 0 Å². The molecule has 0 amide bonds. The fraction of sp³-hybridized carbons (Fsp3) is 0.714. The average Bonchev–Trinajstić information content (AvgIpc) is 1.62. The van der Waals surface area contributed by atoms with E-state index in [0.717, 1.165) is 13.0 Å². The molecule has 1 heteroatoms. The molecule has 0 aliphatic carbocycles. The summed E-state index contributed by atoms with van der Waals surface area (Å²) in [6.07, 6.45) is 8.15. The first-order valence-corrected chi connectivity index (χ1v) is 2.88. The molecule has 1 heterocycles. The summed E-state index contributed by atoms with van der Waals surface area (Å²) in [7, 11) is 0. The van der Waals surface area contributed by atoms with Gasteiger partial charge in [-0.15, -0.1) is 0 Å². The summed E-state index contributed by atoms with van der Waals surface area (Å²) < 4.78 is 5.10. The van der Waals surface area contributed by atoms with Crippen molar-refractivity contribution < 1.29 is 4.74 Å². The van der Waals surface area contributed by atoms with Crippen LogP contribution in [0.3, 0.4) is 0 Å². The first-order chi connectivity index (χ1) is 3.84. The van der Waals surface area contributed by atoms with Crippen molar-refractivity contribution in [2.75, 3.05) is 6.61 Å². The van der Waals surface area contributed by atoms with Gasteiger partial charge >= 0.3 is 0 Å². The van der Waals surface area contributed by atoms with E-state index in [4.69, 9.17) is 11.2 Å². The maximum atomic E-state index is 6.75. The lowest BCUT2D eigenvalue weighted by Gasteiger charge is -2.28. The van der Waals surface area contributed by atoms with E-state index < -0.39 is 0 Å². The molecule has 2 atom stereocenters. The number of hydrogen-bond donors (Lipinski definition) is 0. The Bertz CT molecular complexity index is 108. The predicted octanol–water partition coefficient (Wildman–Crippen LogP) is 1.00. The van der Waals surface area contributed by atoms with Gasteiger partial charge in [0.1, 0.15) is 0 Å². The molecule has 1 saturated heterocycles. The topological polar surface area (TPSA) is 9.23 Å². The van der Waals surface area contributed by atoms with Crippen LogP contribution < -0.4 is 0 Å². The van der Waals surface area contributed by atoms with E-state index in [1.165, 1.54) is 0 Å². The van der Waals surface area contributed by atoms with Crippen molar-refractivity contribution in [2.45, 2.75) is 19.4 Å². The van der Waals surface area contributed by atoms with Gasteiger partial charge in [0, 0.05) is 12.5 Å². The normalized spacial score (nSPS) is 30.2. The standard InChI is InChI=1S/C7H9O/c1-3-6(2)7-4-5-8-7/h6-7H,4-5H2,2H3. The van der Waals surface area contributed by atoms with Gasteiger partial charge in [0.15, 0.2) is 0 Å². The monoisotopic (exact) mass is 109 g/mol. The molecular weight excluding hydrogens is 100 g/mol. The van der Waals surface area contributed by atoms with Crippen molar-refractivity contribution in [3.63, 3.8) is 0 Å². The van der Waals surface area contributed by atoms with E-state index in [1.54, 1.807) is 0 Å². The van der Waals surface area contributed by atoms with Crippen molar-refractivity contribution in [3.05, 3.63) is 6.42 Å². The Morgan fingerprint density at radius 2 is 2.50 bits per heavy atom. The molecule has 2 unspecified atom stereocenters. The lowest BCUT2D eigenvalue weighted by molar-refractivity contribution is -0.0681. The molecule has 1 aliphatic heterocycles. The molecule has 0 N–H and O–H groups in total. The summed E-state index contributed by atoms with van der Waals surface area (Å²) in [4.78, 5) is 0. The molecule has 1 aliphatic rings. The Hall–Kier alpha value is -0.480. The molecule has 0 bridgehead atoms. The minimum Gasteiger partial charge on any atom is -0.377 e. The van der Waals surface area contributed by atoms with Crippen LogP contribution in [-0.2, 0) is 4.74 Å². The minimum atomic E-state index is 0.198. The maximum Gasteiger partial charge on any atom is 0.0732 e. The molecule has 1 radical (unpaired) electrons. The zero-order chi connectivity index (χ0) is 5.98. The van der Waals surface area contributed by atoms with Crippen LogP contribution in [0.1, 0.15) is 13.3 Å². The van der Waals surface area contributed by atoms with E-state index in [9.17, 15) is 0 Å². The maximum absolute atomic E-state index is 6.75. The first kappa shape index (κ1) is 5.65. The van der Waals surface area contributed by atoms with Gasteiger partial charge in [-0.05, 0) is 19.8 Å². The minimum absolute atomic E-state index is 0.198. The van der Waals surface area contributed by atoms with Crippen LogP contribution in [0.2, 0.25) is 0 Å². The third-order valence-electron chi connectivity index (χ3n) is 1.52. The highest BCUT2D eigenvalue weighted by atomic mass is 16.5. The predicted molar refractivity (Wildman–Crippen MR) is 30.7 cm³/mol. The van der Waals surface area contributed by atoms with E-state index >= 15 is 0 Å². The third-order valence-corrected chi connectivity index (χ3v) is 1.52. The van der Waals surface area contributed by atoms with Crippen molar-refractivity contribution >= 4 is 0 Å². The van der Waals surface area contributed by atoms with Gasteiger partial charge in [0.25, 0.3) is 0 Å². The second-order valence-electron chi connectivity index (χ2n) is 2.13. The van der Waals surface area contributed by atoms with Gasteiger partial charge < -0.3 is 4.74 Å². The Kier molecular flexibility index (Phi) is 1.55. The Morgan fingerprint density at radius 1 is 1.88 bits per heavy atom. The lowest BCUT2D eigenvalue weighted by atomic mass is 10.00. The fourth-order valence-electron chi connectivity index (χ4n) is 0.741. The van der Waals surface area contributed by atoms with E-state index in [1.807, 2.05) is 6.92 Å². The van der Waals surface area contributed by atoms with Crippen LogP contribution in [0.5, 0.6) is 0 Å². The lowest BCUT2D eigenvalue weighted by Crippen LogP contribution is -2.32. The van der Waals surface area contributed by atoms with Crippen LogP contribution in [0.15, 0.2) is 0 Å². The summed E-state index contributed by atoms with van der Waals surface area (Å²) in [5.41, 5.74) is 0. The Morgan fingerprint density at radius 3 is 2.62 bits per heavy atom. The largest absolute Gasteiger partial charge is 0.377 e. The molecular formula is C7H9O. The molecule has 1 rings (SSSR count). The molecule has 0 aromatic carbocycles. The van der Waals surface area contributed by atoms with Gasteiger partial charge in [-0.3, -0.25) is 0 Å². The van der Waals surface area contributed by atoms with E-state index in [-0.39, 0.29) is 5.92 Å². The second kappa shape index (κ2) is 2.19. The fourth-order valence-corrected chi connectivity index (χ4v) is 0.741. The highest BCUT2D eigenvalue weighted by molar-refractivity contribution is 4.91. The Balaban J connectivity index is 2.26. The summed E-state index contributed by atoms with van der Waals surface area (Å²) in [5, 5.41) is 0. The van der Waals surface area contributed by atoms with Crippen molar-refractivity contribution in [3.8, 4) is 5.92 Å². The van der Waals surface area contributed by atoms with Crippen LogP contribution in [0.4, 0.5) is 0 Å². The van der Waals surface area contributed by atoms with Crippen molar-refractivity contribution in [2.24, 2.45) is 5.92 Å². The Labute approximate surface area is 50.0 Å². The van der Waals surface area contributed by atoms with Crippen LogP contribution in [0.25, 0.3) is 0 Å². The summed E-state index contributed by atoms with van der Waals surface area (Å²) in [6.45, 7) is 2.83. The smallest absolute Gasteiger partial charge is 0.0732 e. The molecule has 0 spiro atoms. The van der Waals surface area contributed by atoms with Gasteiger partial charge in [0.2, 0.25) is 0 Å². The van der Waals surface area contributed by atoms with Gasteiger partial charge in [0.05, 0.1) is 6.10 Å². The molecule has 0 aromatic heterocycles.